The molecule has 0 saturated carbocycles. The molecule has 7 heteroatoms. The molecule has 1 N–H and O–H groups in total. The van der Waals surface area contributed by atoms with E-state index < -0.39 is 36.1 Å². The number of carbonyl (C=O) groups is 2. The second-order valence-corrected chi connectivity index (χ2v) is 5.69. The van der Waals surface area contributed by atoms with E-state index in [9.17, 15) is 22.8 Å². The molecule has 1 unspecified atom stereocenters. The van der Waals surface area contributed by atoms with Gasteiger partial charge < -0.3 is 10.2 Å². The minimum absolute atomic E-state index is 0.270. The summed E-state index contributed by atoms with van der Waals surface area (Å²) in [4.78, 5) is 26.2. The maximum absolute atomic E-state index is 12.7. The fourth-order valence-corrected chi connectivity index (χ4v) is 2.68. The van der Waals surface area contributed by atoms with Crippen molar-refractivity contribution in [1.82, 2.24) is 10.2 Å². The molecular formula is C14H23F3N2O2. The lowest BCUT2D eigenvalue weighted by molar-refractivity contribution is -0.170. The zero-order chi connectivity index (χ0) is 16.5. The minimum atomic E-state index is -4.36. The lowest BCUT2D eigenvalue weighted by atomic mass is 9.81. The van der Waals surface area contributed by atoms with Crippen LogP contribution in [0.2, 0.25) is 0 Å². The topological polar surface area (TPSA) is 49.4 Å². The Balaban J connectivity index is 3.16. The second kappa shape index (κ2) is 5.85. The first-order valence-corrected chi connectivity index (χ1v) is 7.27. The first-order chi connectivity index (χ1) is 9.56. The number of carbonyl (C=O) groups excluding carboxylic acids is 2. The van der Waals surface area contributed by atoms with Gasteiger partial charge in [0.1, 0.15) is 11.1 Å². The quantitative estimate of drug-likeness (QED) is 0.849. The maximum atomic E-state index is 12.7. The third-order valence-electron chi connectivity index (χ3n) is 4.61. The van der Waals surface area contributed by atoms with Crippen LogP contribution in [-0.2, 0) is 9.59 Å². The van der Waals surface area contributed by atoms with E-state index in [0.717, 1.165) is 4.90 Å². The Bertz CT molecular complexity index is 419. The molecule has 1 rings (SSSR count). The van der Waals surface area contributed by atoms with Gasteiger partial charge in [0.2, 0.25) is 11.8 Å². The highest BCUT2D eigenvalue weighted by Gasteiger charge is 2.54. The summed E-state index contributed by atoms with van der Waals surface area (Å²) in [5.74, 6) is -0.795. The molecule has 1 heterocycles. The average Bonchev–Trinajstić information content (AvgIpc) is 2.41. The molecule has 0 aromatic rings. The fourth-order valence-electron chi connectivity index (χ4n) is 2.68. The van der Waals surface area contributed by atoms with Crippen LogP contribution in [0.3, 0.4) is 0 Å². The Kier molecular flexibility index (Phi) is 4.95. The van der Waals surface area contributed by atoms with Crippen molar-refractivity contribution in [2.75, 3.05) is 6.54 Å². The van der Waals surface area contributed by atoms with Crippen LogP contribution in [0.4, 0.5) is 13.2 Å². The highest BCUT2D eigenvalue weighted by atomic mass is 19.4. The highest BCUT2D eigenvalue weighted by Crippen LogP contribution is 2.34. The predicted octanol–water partition coefficient (Wildman–Crippen LogP) is 2.62. The molecule has 122 valence electrons. The van der Waals surface area contributed by atoms with E-state index in [2.05, 4.69) is 5.32 Å². The molecule has 2 amide bonds. The Hall–Kier alpha value is -1.27. The summed E-state index contributed by atoms with van der Waals surface area (Å²) >= 11 is 0. The van der Waals surface area contributed by atoms with Crippen LogP contribution in [0, 0.1) is 0 Å². The third-order valence-corrected chi connectivity index (χ3v) is 4.61. The first-order valence-electron chi connectivity index (χ1n) is 7.27. The van der Waals surface area contributed by atoms with Gasteiger partial charge in [-0.1, -0.05) is 20.8 Å². The van der Waals surface area contributed by atoms with E-state index in [1.807, 2.05) is 0 Å². The zero-order valence-corrected chi connectivity index (χ0v) is 12.9. The van der Waals surface area contributed by atoms with E-state index in [4.69, 9.17) is 0 Å². The molecule has 1 aliphatic rings. The average molecular weight is 308 g/mol. The van der Waals surface area contributed by atoms with E-state index in [0.29, 0.717) is 12.8 Å². The van der Waals surface area contributed by atoms with E-state index in [1.165, 1.54) is 6.92 Å². The summed E-state index contributed by atoms with van der Waals surface area (Å²) in [5, 5.41) is 2.74. The monoisotopic (exact) mass is 308 g/mol. The number of amides is 2. The lowest BCUT2D eigenvalue weighted by Gasteiger charge is -2.51. The molecule has 1 aliphatic heterocycles. The first kappa shape index (κ1) is 17.8. The summed E-state index contributed by atoms with van der Waals surface area (Å²) in [5.41, 5.74) is -2.31. The Morgan fingerprint density at radius 1 is 1.10 bits per heavy atom. The van der Waals surface area contributed by atoms with Gasteiger partial charge in [0.05, 0.1) is 6.42 Å². The summed E-state index contributed by atoms with van der Waals surface area (Å²) in [6.45, 7) is 6.22. The lowest BCUT2D eigenvalue weighted by Crippen LogP contribution is -2.74. The number of halogens is 3. The summed E-state index contributed by atoms with van der Waals surface area (Å²) in [7, 11) is 0. The third kappa shape index (κ3) is 3.16. The van der Waals surface area contributed by atoms with Crippen LogP contribution < -0.4 is 5.32 Å². The number of hydrogen-bond acceptors (Lipinski definition) is 2. The Labute approximate surface area is 123 Å². The van der Waals surface area contributed by atoms with Crippen LogP contribution >= 0.6 is 0 Å². The number of nitrogens with zero attached hydrogens (tertiary/aromatic N) is 1. The Morgan fingerprint density at radius 2 is 1.62 bits per heavy atom. The second-order valence-electron chi connectivity index (χ2n) is 5.69. The van der Waals surface area contributed by atoms with Crippen molar-refractivity contribution in [3.8, 4) is 0 Å². The van der Waals surface area contributed by atoms with Crippen molar-refractivity contribution < 1.29 is 22.8 Å². The van der Waals surface area contributed by atoms with Gasteiger partial charge in [0, 0.05) is 6.54 Å². The largest absolute Gasteiger partial charge is 0.390 e. The van der Waals surface area contributed by atoms with Gasteiger partial charge in [0.25, 0.3) is 0 Å². The molecule has 21 heavy (non-hydrogen) atoms. The van der Waals surface area contributed by atoms with Crippen LogP contribution in [0.5, 0.6) is 0 Å². The summed E-state index contributed by atoms with van der Waals surface area (Å²) in [6.07, 6.45) is -4.48. The number of piperazine rings is 1. The number of hydrogen-bond donors (Lipinski definition) is 1. The van der Waals surface area contributed by atoms with E-state index in [1.54, 1.807) is 20.8 Å². The molecule has 0 bridgehead atoms. The van der Waals surface area contributed by atoms with Gasteiger partial charge in [-0.25, -0.2) is 0 Å². The summed E-state index contributed by atoms with van der Waals surface area (Å²) < 4.78 is 37.5. The smallest absolute Gasteiger partial charge is 0.340 e. The van der Waals surface area contributed by atoms with Crippen LogP contribution in [0.1, 0.15) is 53.4 Å². The Morgan fingerprint density at radius 3 is 2.00 bits per heavy atom. The number of rotatable bonds is 5. The minimum Gasteiger partial charge on any atom is -0.340 e. The fraction of sp³-hybridized carbons (Fsp3) is 0.857. The SMILES string of the molecule is CCC1(CC)NC(=O)C(C)(CC)N(CCC(F)(F)F)C1=O. The van der Waals surface area contributed by atoms with Gasteiger partial charge in [-0.2, -0.15) is 13.2 Å². The summed E-state index contributed by atoms with van der Waals surface area (Å²) in [6, 6.07) is 0. The molecule has 0 aromatic carbocycles. The van der Waals surface area contributed by atoms with Crippen molar-refractivity contribution in [3.63, 3.8) is 0 Å². The number of alkyl halides is 3. The van der Waals surface area contributed by atoms with Gasteiger partial charge in [0.15, 0.2) is 0 Å². The normalized spacial score (nSPS) is 26.0. The number of nitrogens with one attached hydrogen (secondary N) is 1. The molecule has 1 saturated heterocycles. The van der Waals surface area contributed by atoms with Crippen molar-refractivity contribution in [2.24, 2.45) is 0 Å². The predicted molar refractivity (Wildman–Crippen MR) is 72.5 cm³/mol. The van der Waals surface area contributed by atoms with Crippen LogP contribution in [-0.4, -0.2) is 40.5 Å². The van der Waals surface area contributed by atoms with Gasteiger partial charge in [-0.15, -0.1) is 0 Å². The zero-order valence-electron chi connectivity index (χ0n) is 12.9. The van der Waals surface area contributed by atoms with Crippen molar-refractivity contribution in [3.05, 3.63) is 0 Å². The standard InChI is InChI=1S/C14H23F3N2O2/c1-5-12(4)10(20)18-13(6-2,7-3)11(21)19(12)9-8-14(15,16)17/h5-9H2,1-4H3,(H,18,20). The molecule has 0 aliphatic carbocycles. The maximum Gasteiger partial charge on any atom is 0.390 e. The molecule has 0 aromatic heterocycles. The van der Waals surface area contributed by atoms with Gasteiger partial charge in [-0.3, -0.25) is 9.59 Å². The molecule has 0 spiro atoms. The van der Waals surface area contributed by atoms with E-state index >= 15 is 0 Å². The van der Waals surface area contributed by atoms with Crippen LogP contribution in [0.25, 0.3) is 0 Å². The van der Waals surface area contributed by atoms with E-state index in [-0.39, 0.29) is 12.3 Å². The van der Waals surface area contributed by atoms with Crippen LogP contribution in [0.15, 0.2) is 0 Å². The molecular weight excluding hydrogens is 285 g/mol. The highest BCUT2D eigenvalue weighted by molar-refractivity contribution is 6.02. The molecule has 4 nitrogen and oxygen atoms in total. The molecule has 0 radical (unpaired) electrons. The van der Waals surface area contributed by atoms with Crippen molar-refractivity contribution >= 4 is 11.8 Å². The van der Waals surface area contributed by atoms with Crippen molar-refractivity contribution in [1.29, 1.82) is 0 Å². The van der Waals surface area contributed by atoms with Gasteiger partial charge >= 0.3 is 6.18 Å². The van der Waals surface area contributed by atoms with Gasteiger partial charge in [-0.05, 0) is 26.2 Å². The van der Waals surface area contributed by atoms with Crippen molar-refractivity contribution in [2.45, 2.75) is 70.6 Å². The molecule has 1 atom stereocenters. The molecule has 1 fully saturated rings.